The van der Waals surface area contributed by atoms with Crippen LogP contribution in [0, 0.1) is 10.1 Å². The largest absolute Gasteiger partial charge is 0.299 e. The van der Waals surface area contributed by atoms with E-state index in [9.17, 15) is 10.1 Å². The van der Waals surface area contributed by atoms with Crippen molar-refractivity contribution in [3.8, 4) is 0 Å². The highest BCUT2D eigenvalue weighted by atomic mass is 16.6. The summed E-state index contributed by atoms with van der Waals surface area (Å²) < 4.78 is 0. The fourth-order valence-electron chi connectivity index (χ4n) is 4.34. The van der Waals surface area contributed by atoms with Gasteiger partial charge in [-0.05, 0) is 43.5 Å². The molecule has 0 radical (unpaired) electrons. The number of fused-ring (bicyclic) bond motifs is 1. The molecule has 2 heterocycles. The Labute approximate surface area is 154 Å². The molecule has 5 heteroatoms. The molecule has 0 atom stereocenters. The molecule has 2 aromatic rings. The second kappa shape index (κ2) is 7.56. The van der Waals surface area contributed by atoms with Crippen LogP contribution in [0.1, 0.15) is 29.5 Å². The summed E-state index contributed by atoms with van der Waals surface area (Å²) >= 11 is 0. The third kappa shape index (κ3) is 3.64. The van der Waals surface area contributed by atoms with E-state index in [4.69, 9.17) is 0 Å². The van der Waals surface area contributed by atoms with Gasteiger partial charge in [0.1, 0.15) is 0 Å². The molecule has 1 saturated heterocycles. The molecule has 0 amide bonds. The fourth-order valence-corrected chi connectivity index (χ4v) is 4.34. The fraction of sp³-hybridized carbons (Fsp3) is 0.429. The maximum absolute atomic E-state index is 11.2. The summed E-state index contributed by atoms with van der Waals surface area (Å²) in [6, 6.07) is 16.5. The van der Waals surface area contributed by atoms with Crippen LogP contribution in [0.4, 0.5) is 5.69 Å². The predicted molar refractivity (Wildman–Crippen MR) is 102 cm³/mol. The first-order valence-electron chi connectivity index (χ1n) is 9.46. The zero-order valence-electron chi connectivity index (χ0n) is 15.0. The summed E-state index contributed by atoms with van der Waals surface area (Å²) in [5, 5.41) is 11.2. The minimum absolute atomic E-state index is 0.238. The Hall–Kier alpha value is -2.24. The highest BCUT2D eigenvalue weighted by molar-refractivity contribution is 5.39. The number of benzene rings is 2. The van der Waals surface area contributed by atoms with Crippen LogP contribution >= 0.6 is 0 Å². The molecule has 0 aliphatic carbocycles. The molecule has 0 unspecified atom stereocenters. The maximum Gasteiger partial charge on any atom is 0.273 e. The molecule has 5 nitrogen and oxygen atoms in total. The van der Waals surface area contributed by atoms with Crippen LogP contribution in [-0.2, 0) is 19.5 Å². The monoisotopic (exact) mass is 351 g/mol. The first-order valence-corrected chi connectivity index (χ1v) is 9.46. The van der Waals surface area contributed by atoms with E-state index >= 15 is 0 Å². The smallest absolute Gasteiger partial charge is 0.273 e. The van der Waals surface area contributed by atoms with Crippen molar-refractivity contribution >= 4 is 5.69 Å². The topological polar surface area (TPSA) is 49.6 Å². The molecular formula is C21H25N3O2. The Morgan fingerprint density at radius 3 is 2.42 bits per heavy atom. The van der Waals surface area contributed by atoms with Gasteiger partial charge >= 0.3 is 0 Å². The number of rotatable bonds is 4. The van der Waals surface area contributed by atoms with Gasteiger partial charge in [-0.1, -0.05) is 42.5 Å². The highest BCUT2D eigenvalue weighted by Crippen LogP contribution is 2.26. The van der Waals surface area contributed by atoms with Crippen molar-refractivity contribution in [1.29, 1.82) is 0 Å². The van der Waals surface area contributed by atoms with Crippen LogP contribution in [0.3, 0.4) is 0 Å². The molecule has 1 fully saturated rings. The lowest BCUT2D eigenvalue weighted by atomic mass is 9.95. The number of hydrogen-bond donors (Lipinski definition) is 0. The first kappa shape index (κ1) is 17.2. The molecular weight excluding hydrogens is 326 g/mol. The number of nitrogens with zero attached hydrogens (tertiary/aromatic N) is 3. The summed E-state index contributed by atoms with van der Waals surface area (Å²) in [4.78, 5) is 15.9. The van der Waals surface area contributed by atoms with Crippen LogP contribution in [0.25, 0.3) is 0 Å². The van der Waals surface area contributed by atoms with Gasteiger partial charge < -0.3 is 0 Å². The standard InChI is InChI=1S/C21H25N3O2/c25-24(26)21-8-4-3-7-19(21)15-22-12-10-20(11-13-22)23-14-9-17-5-1-2-6-18(17)16-23/h1-8,20H,9-16H2. The van der Waals surface area contributed by atoms with Gasteiger partial charge in [0, 0.05) is 37.3 Å². The van der Waals surface area contributed by atoms with Crippen LogP contribution in [0.5, 0.6) is 0 Å². The first-order chi connectivity index (χ1) is 12.7. The van der Waals surface area contributed by atoms with Crippen LogP contribution in [0.2, 0.25) is 0 Å². The number of hydrogen-bond acceptors (Lipinski definition) is 4. The van der Waals surface area contributed by atoms with Crippen LogP contribution in [-0.4, -0.2) is 40.4 Å². The molecule has 0 N–H and O–H groups in total. The normalized spacial score (nSPS) is 19.2. The van der Waals surface area contributed by atoms with E-state index in [1.54, 1.807) is 12.1 Å². The Morgan fingerprint density at radius 2 is 1.65 bits per heavy atom. The highest BCUT2D eigenvalue weighted by Gasteiger charge is 2.28. The predicted octanol–water partition coefficient (Wildman–Crippen LogP) is 3.62. The molecule has 0 spiro atoms. The second-order valence-electron chi connectivity index (χ2n) is 7.38. The van der Waals surface area contributed by atoms with Gasteiger partial charge in [-0.15, -0.1) is 0 Å². The van der Waals surface area contributed by atoms with Crippen molar-refractivity contribution in [3.63, 3.8) is 0 Å². The number of nitro benzene ring substituents is 1. The van der Waals surface area contributed by atoms with Crippen LogP contribution in [0.15, 0.2) is 48.5 Å². The van der Waals surface area contributed by atoms with Crippen molar-refractivity contribution in [3.05, 3.63) is 75.3 Å². The molecule has 2 aliphatic heterocycles. The van der Waals surface area contributed by atoms with Crippen molar-refractivity contribution in [2.24, 2.45) is 0 Å². The van der Waals surface area contributed by atoms with E-state index in [1.165, 1.54) is 11.1 Å². The third-order valence-corrected chi connectivity index (χ3v) is 5.82. The zero-order chi connectivity index (χ0) is 17.9. The molecule has 136 valence electrons. The number of likely N-dealkylation sites (tertiary alicyclic amines) is 1. The summed E-state index contributed by atoms with van der Waals surface area (Å²) in [6.07, 6.45) is 3.43. The Kier molecular flexibility index (Phi) is 5.00. The van der Waals surface area contributed by atoms with Gasteiger partial charge in [0.05, 0.1) is 4.92 Å². The van der Waals surface area contributed by atoms with Gasteiger partial charge in [0.15, 0.2) is 0 Å². The van der Waals surface area contributed by atoms with Gasteiger partial charge in [-0.3, -0.25) is 19.9 Å². The van der Waals surface area contributed by atoms with E-state index in [2.05, 4.69) is 34.1 Å². The molecule has 2 aliphatic rings. The zero-order valence-corrected chi connectivity index (χ0v) is 15.0. The van der Waals surface area contributed by atoms with Gasteiger partial charge in [0.25, 0.3) is 5.69 Å². The number of nitro groups is 1. The number of para-hydroxylation sites is 1. The summed E-state index contributed by atoms with van der Waals surface area (Å²) in [7, 11) is 0. The molecule has 2 aromatic carbocycles. The van der Waals surface area contributed by atoms with Crippen molar-refractivity contribution < 1.29 is 4.92 Å². The van der Waals surface area contributed by atoms with Gasteiger partial charge in [-0.25, -0.2) is 0 Å². The lowest BCUT2D eigenvalue weighted by Gasteiger charge is -2.40. The van der Waals surface area contributed by atoms with E-state index in [0.29, 0.717) is 12.6 Å². The lowest BCUT2D eigenvalue weighted by Crippen LogP contribution is -2.46. The van der Waals surface area contributed by atoms with Crippen molar-refractivity contribution in [2.45, 2.75) is 38.4 Å². The molecule has 4 rings (SSSR count). The van der Waals surface area contributed by atoms with Gasteiger partial charge in [-0.2, -0.15) is 0 Å². The molecule has 0 bridgehead atoms. The number of piperidine rings is 1. The Morgan fingerprint density at radius 1 is 0.962 bits per heavy atom. The average molecular weight is 351 g/mol. The Balaban J connectivity index is 1.35. The maximum atomic E-state index is 11.2. The quantitative estimate of drug-likeness (QED) is 0.624. The van der Waals surface area contributed by atoms with E-state index in [0.717, 1.165) is 51.0 Å². The third-order valence-electron chi connectivity index (χ3n) is 5.82. The van der Waals surface area contributed by atoms with E-state index in [-0.39, 0.29) is 10.6 Å². The van der Waals surface area contributed by atoms with Gasteiger partial charge in [0.2, 0.25) is 0 Å². The minimum atomic E-state index is -0.271. The summed E-state index contributed by atoms with van der Waals surface area (Å²) in [6.45, 7) is 4.90. The molecule has 26 heavy (non-hydrogen) atoms. The van der Waals surface area contributed by atoms with E-state index in [1.807, 2.05) is 12.1 Å². The second-order valence-corrected chi connectivity index (χ2v) is 7.38. The molecule has 0 aromatic heterocycles. The molecule has 0 saturated carbocycles. The van der Waals surface area contributed by atoms with E-state index < -0.39 is 0 Å². The average Bonchev–Trinajstić information content (AvgIpc) is 2.68. The van der Waals surface area contributed by atoms with Crippen LogP contribution < -0.4 is 0 Å². The lowest BCUT2D eigenvalue weighted by molar-refractivity contribution is -0.385. The van der Waals surface area contributed by atoms with Crippen molar-refractivity contribution in [1.82, 2.24) is 9.80 Å². The summed E-state index contributed by atoms with van der Waals surface area (Å²) in [5.41, 5.74) is 4.03. The Bertz CT molecular complexity index is 784. The van der Waals surface area contributed by atoms with Crippen molar-refractivity contribution in [2.75, 3.05) is 19.6 Å². The summed E-state index contributed by atoms with van der Waals surface area (Å²) in [5.74, 6) is 0. The minimum Gasteiger partial charge on any atom is -0.299 e. The SMILES string of the molecule is O=[N+]([O-])c1ccccc1CN1CCC(N2CCc3ccccc3C2)CC1.